The summed E-state index contributed by atoms with van der Waals surface area (Å²) < 4.78 is 15.9. The zero-order valence-electron chi connectivity index (χ0n) is 15.9. The van der Waals surface area contributed by atoms with E-state index in [0.717, 1.165) is 5.56 Å². The molecule has 0 saturated carbocycles. The highest BCUT2D eigenvalue weighted by molar-refractivity contribution is 6.74. The van der Waals surface area contributed by atoms with Crippen molar-refractivity contribution < 1.29 is 23.5 Å². The first-order valence-electron chi connectivity index (χ1n) is 8.26. The van der Waals surface area contributed by atoms with E-state index in [1.54, 1.807) is 0 Å². The molecule has 7 heteroatoms. The average Bonchev–Trinajstić information content (AvgIpc) is 2.56. The summed E-state index contributed by atoms with van der Waals surface area (Å²) in [6, 6.07) is 8.41. The fourth-order valence-electron chi connectivity index (χ4n) is 1.73. The van der Waals surface area contributed by atoms with E-state index in [1.807, 2.05) is 30.3 Å². The number of ether oxygens (including phenoxy) is 2. The van der Waals surface area contributed by atoms with E-state index in [4.69, 9.17) is 13.9 Å². The van der Waals surface area contributed by atoms with Gasteiger partial charge in [0.2, 0.25) is 0 Å². The first-order chi connectivity index (χ1) is 11.6. The predicted octanol–water partition coefficient (Wildman–Crippen LogP) is 3.48. The third-order valence-electron chi connectivity index (χ3n) is 4.41. The van der Waals surface area contributed by atoms with E-state index >= 15 is 0 Å². The van der Waals surface area contributed by atoms with Crippen LogP contribution in [0.1, 0.15) is 26.3 Å². The van der Waals surface area contributed by atoms with Gasteiger partial charge in [-0.05, 0) is 23.7 Å². The smallest absolute Gasteiger partial charge is 0.408 e. The second-order valence-electron chi connectivity index (χ2n) is 7.35. The highest BCUT2D eigenvalue weighted by atomic mass is 28.4. The summed E-state index contributed by atoms with van der Waals surface area (Å²) in [4.78, 5) is 23.9. The lowest BCUT2D eigenvalue weighted by Gasteiger charge is -2.37. The Bertz CT molecular complexity index is 569. The predicted molar refractivity (Wildman–Crippen MR) is 98.7 cm³/mol. The number of benzene rings is 1. The Hall–Kier alpha value is -1.86. The van der Waals surface area contributed by atoms with Crippen molar-refractivity contribution in [2.75, 3.05) is 13.7 Å². The van der Waals surface area contributed by atoms with Crippen LogP contribution < -0.4 is 5.32 Å². The highest BCUT2D eigenvalue weighted by Crippen LogP contribution is 2.36. The van der Waals surface area contributed by atoms with Crippen LogP contribution in [-0.2, 0) is 25.3 Å². The number of methoxy groups -OCH3 is 1. The number of amides is 1. The van der Waals surface area contributed by atoms with Gasteiger partial charge < -0.3 is 19.2 Å². The zero-order valence-corrected chi connectivity index (χ0v) is 16.9. The largest absolute Gasteiger partial charge is 0.467 e. The molecule has 0 aliphatic heterocycles. The zero-order chi connectivity index (χ0) is 19.1. The Labute approximate surface area is 151 Å². The summed E-state index contributed by atoms with van der Waals surface area (Å²) in [6.45, 7) is 10.7. The number of hydrogen-bond acceptors (Lipinski definition) is 5. The number of carbonyl (C=O) groups is 2. The molecule has 140 valence electrons. The van der Waals surface area contributed by atoms with Crippen molar-refractivity contribution in [1.82, 2.24) is 5.32 Å². The van der Waals surface area contributed by atoms with Gasteiger partial charge in [-0.1, -0.05) is 51.1 Å². The Morgan fingerprint density at radius 1 is 1.16 bits per heavy atom. The number of rotatable bonds is 7. The van der Waals surface area contributed by atoms with Gasteiger partial charge in [0.05, 0.1) is 13.7 Å². The molecule has 1 atom stereocenters. The molecular weight excluding hydrogens is 338 g/mol. The van der Waals surface area contributed by atoms with Gasteiger partial charge >= 0.3 is 12.1 Å². The van der Waals surface area contributed by atoms with Crippen LogP contribution in [-0.4, -0.2) is 40.1 Å². The van der Waals surface area contributed by atoms with Gasteiger partial charge in [0.15, 0.2) is 14.4 Å². The SMILES string of the molecule is COC(=O)[C@@H](CO[Si](C)(C)C(C)(C)C)NC(=O)OCc1ccccc1. The molecule has 0 saturated heterocycles. The summed E-state index contributed by atoms with van der Waals surface area (Å²) in [5.74, 6) is -0.560. The molecule has 0 fully saturated rings. The van der Waals surface area contributed by atoms with Gasteiger partial charge in [0, 0.05) is 0 Å². The van der Waals surface area contributed by atoms with Crippen LogP contribution in [0.4, 0.5) is 4.79 Å². The monoisotopic (exact) mass is 367 g/mol. The van der Waals surface area contributed by atoms with Crippen molar-refractivity contribution in [3.63, 3.8) is 0 Å². The number of hydrogen-bond donors (Lipinski definition) is 1. The van der Waals surface area contributed by atoms with Crippen LogP contribution in [0.3, 0.4) is 0 Å². The number of nitrogens with one attached hydrogen (secondary N) is 1. The molecule has 0 heterocycles. The molecule has 0 bridgehead atoms. The molecule has 1 aromatic carbocycles. The van der Waals surface area contributed by atoms with Gasteiger partial charge in [-0.15, -0.1) is 0 Å². The van der Waals surface area contributed by atoms with Gasteiger partial charge in [-0.2, -0.15) is 0 Å². The highest BCUT2D eigenvalue weighted by Gasteiger charge is 2.38. The van der Waals surface area contributed by atoms with Crippen LogP contribution >= 0.6 is 0 Å². The normalized spacial score (nSPS) is 13.0. The summed E-state index contributed by atoms with van der Waals surface area (Å²) >= 11 is 0. The molecule has 25 heavy (non-hydrogen) atoms. The fraction of sp³-hybridized carbons (Fsp3) is 0.556. The van der Waals surface area contributed by atoms with Gasteiger partial charge in [0.25, 0.3) is 0 Å². The van der Waals surface area contributed by atoms with Crippen molar-refractivity contribution in [3.8, 4) is 0 Å². The van der Waals surface area contributed by atoms with Crippen molar-refractivity contribution >= 4 is 20.4 Å². The molecule has 0 radical (unpaired) electrons. The van der Waals surface area contributed by atoms with E-state index in [2.05, 4.69) is 39.2 Å². The maximum atomic E-state index is 12.0. The summed E-state index contributed by atoms with van der Waals surface area (Å²) in [5.41, 5.74) is 0.866. The van der Waals surface area contributed by atoms with Crippen molar-refractivity contribution in [2.45, 2.75) is 51.6 Å². The van der Waals surface area contributed by atoms with Crippen molar-refractivity contribution in [1.29, 1.82) is 0 Å². The minimum absolute atomic E-state index is 0.00148. The molecular formula is C18H29NO5Si. The maximum Gasteiger partial charge on any atom is 0.408 e. The van der Waals surface area contributed by atoms with Crippen LogP contribution in [0.15, 0.2) is 30.3 Å². The fourth-order valence-corrected chi connectivity index (χ4v) is 2.74. The average molecular weight is 368 g/mol. The number of carbonyl (C=O) groups excluding carboxylic acids is 2. The Balaban J connectivity index is 2.61. The van der Waals surface area contributed by atoms with E-state index in [9.17, 15) is 9.59 Å². The molecule has 1 amide bonds. The molecule has 1 rings (SSSR count). The molecule has 0 spiro atoms. The number of esters is 1. The third kappa shape index (κ3) is 6.87. The molecule has 1 N–H and O–H groups in total. The number of alkyl carbamates (subject to hydrolysis) is 1. The Kier molecular flexibility index (Phi) is 7.63. The Morgan fingerprint density at radius 3 is 2.28 bits per heavy atom. The van der Waals surface area contributed by atoms with Gasteiger partial charge in [0.1, 0.15) is 6.61 Å². The maximum absolute atomic E-state index is 12.0. The lowest BCUT2D eigenvalue weighted by Crippen LogP contribution is -2.49. The van der Waals surface area contributed by atoms with Crippen molar-refractivity contribution in [2.24, 2.45) is 0 Å². The molecule has 0 aromatic heterocycles. The Morgan fingerprint density at radius 2 is 1.76 bits per heavy atom. The minimum Gasteiger partial charge on any atom is -0.467 e. The topological polar surface area (TPSA) is 73.9 Å². The van der Waals surface area contributed by atoms with Gasteiger partial charge in [-0.3, -0.25) is 0 Å². The standard InChI is InChI=1S/C18H29NO5Si/c1-18(2,3)25(5,6)24-13-15(16(20)22-4)19-17(21)23-12-14-10-8-7-9-11-14/h7-11,15H,12-13H2,1-6H3,(H,19,21)/t15-/m1/s1. The van der Waals surface area contributed by atoms with E-state index in [1.165, 1.54) is 7.11 Å². The van der Waals surface area contributed by atoms with Crippen LogP contribution in [0.2, 0.25) is 18.1 Å². The summed E-state index contributed by atoms with van der Waals surface area (Å²) in [6.07, 6.45) is -0.682. The second kappa shape index (κ2) is 9.01. The van der Waals surface area contributed by atoms with Crippen LogP contribution in [0.5, 0.6) is 0 Å². The summed E-state index contributed by atoms with van der Waals surface area (Å²) in [5, 5.41) is 2.52. The van der Waals surface area contributed by atoms with Crippen molar-refractivity contribution in [3.05, 3.63) is 35.9 Å². The molecule has 0 aliphatic carbocycles. The molecule has 0 aliphatic rings. The molecule has 1 aromatic rings. The quantitative estimate of drug-likeness (QED) is 0.590. The molecule has 0 unspecified atom stereocenters. The van der Waals surface area contributed by atoms with Crippen LogP contribution in [0.25, 0.3) is 0 Å². The first-order valence-corrected chi connectivity index (χ1v) is 11.2. The summed E-state index contributed by atoms with van der Waals surface area (Å²) in [7, 11) is -0.772. The van der Waals surface area contributed by atoms with E-state index < -0.39 is 26.4 Å². The lowest BCUT2D eigenvalue weighted by atomic mass is 10.2. The van der Waals surface area contributed by atoms with Gasteiger partial charge in [-0.25, -0.2) is 9.59 Å². The lowest BCUT2D eigenvalue weighted by molar-refractivity contribution is -0.143. The third-order valence-corrected chi connectivity index (χ3v) is 8.91. The second-order valence-corrected chi connectivity index (χ2v) is 12.2. The van der Waals surface area contributed by atoms with E-state index in [-0.39, 0.29) is 18.3 Å². The minimum atomic E-state index is -2.05. The van der Waals surface area contributed by atoms with E-state index in [0.29, 0.717) is 0 Å². The molecule has 6 nitrogen and oxygen atoms in total. The van der Waals surface area contributed by atoms with Crippen LogP contribution in [0, 0.1) is 0 Å². The first kappa shape index (κ1) is 21.2.